The molecule has 6 nitrogen and oxygen atoms in total. The van der Waals surface area contributed by atoms with Gasteiger partial charge in [-0.25, -0.2) is 0 Å². The van der Waals surface area contributed by atoms with Crippen LogP contribution in [0.25, 0.3) is 21.9 Å². The van der Waals surface area contributed by atoms with Gasteiger partial charge in [0.2, 0.25) is 5.91 Å². The van der Waals surface area contributed by atoms with Crippen LogP contribution >= 0.6 is 0 Å². The average Bonchev–Trinajstić information content (AvgIpc) is 3.03. The highest BCUT2D eigenvalue weighted by Gasteiger charge is 2.29. The van der Waals surface area contributed by atoms with Crippen molar-refractivity contribution in [2.24, 2.45) is 0 Å². The maximum atomic E-state index is 12.9. The number of morpholine rings is 1. The zero-order valence-electron chi connectivity index (χ0n) is 16.7. The number of benzene rings is 2. The lowest BCUT2D eigenvalue weighted by Gasteiger charge is -2.38. The molecule has 4 rings (SSSR count). The Labute approximate surface area is 164 Å². The summed E-state index contributed by atoms with van der Waals surface area (Å²) in [5.41, 5.74) is 2.14. The minimum Gasteiger partial charge on any atom is -0.495 e. The predicted octanol–water partition coefficient (Wildman–Crippen LogP) is 4.03. The second kappa shape index (κ2) is 7.45. The summed E-state index contributed by atoms with van der Waals surface area (Å²) in [4.78, 5) is 15.1. The zero-order chi connectivity index (χ0) is 19.8. The summed E-state index contributed by atoms with van der Waals surface area (Å²) in [5, 5.41) is 5.01. The van der Waals surface area contributed by atoms with E-state index in [1.807, 2.05) is 57.2 Å². The average molecular weight is 382 g/mol. The maximum Gasteiger partial charge on any atom is 0.241 e. The molecule has 1 aliphatic heterocycles. The van der Waals surface area contributed by atoms with Gasteiger partial charge in [-0.2, -0.15) is 0 Å². The molecule has 0 unspecified atom stereocenters. The van der Waals surface area contributed by atoms with E-state index in [1.54, 1.807) is 7.11 Å². The summed E-state index contributed by atoms with van der Waals surface area (Å²) < 4.78 is 17.3. The van der Waals surface area contributed by atoms with Crippen molar-refractivity contribution in [2.45, 2.75) is 39.0 Å². The molecule has 2 heterocycles. The fourth-order valence-corrected chi connectivity index (χ4v) is 3.95. The number of anilines is 1. The molecule has 1 N–H and O–H groups in total. The number of hydrogen-bond donors (Lipinski definition) is 1. The van der Waals surface area contributed by atoms with Crippen LogP contribution in [0, 0.1) is 0 Å². The molecule has 0 radical (unpaired) electrons. The molecule has 1 saturated heterocycles. The van der Waals surface area contributed by atoms with Crippen molar-refractivity contribution in [3.05, 3.63) is 36.4 Å². The monoisotopic (exact) mass is 382 g/mol. The number of carbonyl (C=O) groups is 1. The number of amides is 1. The van der Waals surface area contributed by atoms with Crippen LogP contribution in [0.1, 0.15) is 20.8 Å². The van der Waals surface area contributed by atoms with Crippen molar-refractivity contribution in [3.63, 3.8) is 0 Å². The van der Waals surface area contributed by atoms with Crippen molar-refractivity contribution < 1.29 is 18.7 Å². The molecule has 1 aromatic heterocycles. The fraction of sp³-hybridized carbons (Fsp3) is 0.409. The number of furan rings is 1. The van der Waals surface area contributed by atoms with Crippen molar-refractivity contribution >= 4 is 33.5 Å². The lowest BCUT2D eigenvalue weighted by Crippen LogP contribution is -2.52. The van der Waals surface area contributed by atoms with Crippen LogP contribution in [0.4, 0.5) is 5.69 Å². The van der Waals surface area contributed by atoms with E-state index in [0.717, 1.165) is 35.0 Å². The molecule has 6 heteroatoms. The highest BCUT2D eigenvalue weighted by atomic mass is 16.5. The quantitative estimate of drug-likeness (QED) is 0.738. The highest BCUT2D eigenvalue weighted by molar-refractivity contribution is 6.08. The third kappa shape index (κ3) is 3.45. The first-order chi connectivity index (χ1) is 13.5. The molecular weight excluding hydrogens is 356 g/mol. The van der Waals surface area contributed by atoms with Crippen molar-refractivity contribution in [2.75, 3.05) is 25.5 Å². The van der Waals surface area contributed by atoms with Gasteiger partial charge in [-0.15, -0.1) is 0 Å². The van der Waals surface area contributed by atoms with Crippen LogP contribution < -0.4 is 10.1 Å². The van der Waals surface area contributed by atoms with Crippen LogP contribution in [-0.2, 0) is 9.53 Å². The molecule has 0 bridgehead atoms. The van der Waals surface area contributed by atoms with Crippen molar-refractivity contribution in [1.29, 1.82) is 0 Å². The van der Waals surface area contributed by atoms with E-state index >= 15 is 0 Å². The van der Waals surface area contributed by atoms with Gasteiger partial charge in [0.15, 0.2) is 0 Å². The first kappa shape index (κ1) is 18.8. The van der Waals surface area contributed by atoms with Crippen molar-refractivity contribution in [3.8, 4) is 5.75 Å². The number of carbonyl (C=O) groups excluding carboxylic acids is 1. The lowest BCUT2D eigenvalue weighted by atomic mass is 10.1. The van der Waals surface area contributed by atoms with Gasteiger partial charge in [-0.3, -0.25) is 9.69 Å². The van der Waals surface area contributed by atoms with E-state index in [1.165, 1.54) is 0 Å². The van der Waals surface area contributed by atoms with Gasteiger partial charge in [0.05, 0.1) is 31.0 Å². The van der Waals surface area contributed by atoms with Crippen LogP contribution in [0.5, 0.6) is 5.75 Å². The topological polar surface area (TPSA) is 63.9 Å². The number of ether oxygens (including phenoxy) is 2. The Morgan fingerprint density at radius 2 is 1.86 bits per heavy atom. The molecule has 0 saturated carbocycles. The predicted molar refractivity (Wildman–Crippen MR) is 110 cm³/mol. The number of para-hydroxylation sites is 1. The van der Waals surface area contributed by atoms with Crippen LogP contribution in [-0.4, -0.2) is 49.3 Å². The van der Waals surface area contributed by atoms with Crippen LogP contribution in [0.2, 0.25) is 0 Å². The van der Waals surface area contributed by atoms with Gasteiger partial charge in [0.25, 0.3) is 0 Å². The van der Waals surface area contributed by atoms with Crippen LogP contribution in [0.3, 0.4) is 0 Å². The lowest BCUT2D eigenvalue weighted by molar-refractivity contribution is -0.126. The van der Waals surface area contributed by atoms with E-state index in [9.17, 15) is 4.79 Å². The minimum absolute atomic E-state index is 0.0740. The third-order valence-electron chi connectivity index (χ3n) is 5.33. The third-order valence-corrected chi connectivity index (χ3v) is 5.33. The van der Waals surface area contributed by atoms with Gasteiger partial charge in [0, 0.05) is 29.9 Å². The minimum atomic E-state index is -0.273. The largest absolute Gasteiger partial charge is 0.495 e. The van der Waals surface area contributed by atoms with E-state index in [0.29, 0.717) is 11.4 Å². The van der Waals surface area contributed by atoms with Gasteiger partial charge < -0.3 is 19.2 Å². The van der Waals surface area contributed by atoms with Gasteiger partial charge in [-0.1, -0.05) is 18.2 Å². The Bertz CT molecular complexity index is 1000. The Morgan fingerprint density at radius 3 is 2.57 bits per heavy atom. The van der Waals surface area contributed by atoms with Gasteiger partial charge in [-0.05, 0) is 32.9 Å². The Morgan fingerprint density at radius 1 is 1.14 bits per heavy atom. The van der Waals surface area contributed by atoms with Gasteiger partial charge >= 0.3 is 0 Å². The fourth-order valence-electron chi connectivity index (χ4n) is 3.95. The highest BCUT2D eigenvalue weighted by Crippen LogP contribution is 2.36. The first-order valence-electron chi connectivity index (χ1n) is 9.66. The number of fused-ring (bicyclic) bond motifs is 3. The molecule has 3 aromatic rings. The molecule has 148 valence electrons. The SMILES string of the molecule is COc1cc2c(cc1NC(=O)[C@H](C)N1C[C@@H](C)O[C@H](C)C1)oc1ccccc12. The summed E-state index contributed by atoms with van der Waals surface area (Å²) in [6.45, 7) is 7.46. The Balaban J connectivity index is 1.61. The molecule has 2 aromatic carbocycles. The number of nitrogens with zero attached hydrogens (tertiary/aromatic N) is 1. The Hall–Kier alpha value is -2.57. The molecule has 28 heavy (non-hydrogen) atoms. The number of rotatable bonds is 4. The van der Waals surface area contributed by atoms with Crippen LogP contribution in [0.15, 0.2) is 40.8 Å². The molecule has 0 aliphatic carbocycles. The number of hydrogen-bond acceptors (Lipinski definition) is 5. The maximum absolute atomic E-state index is 12.9. The molecular formula is C22H26N2O4. The van der Waals surface area contributed by atoms with E-state index in [4.69, 9.17) is 13.9 Å². The molecule has 3 atom stereocenters. The van der Waals surface area contributed by atoms with E-state index in [-0.39, 0.29) is 24.2 Å². The normalized spacial score (nSPS) is 21.7. The number of nitrogens with one attached hydrogen (secondary N) is 1. The van der Waals surface area contributed by atoms with Gasteiger partial charge in [0.1, 0.15) is 16.9 Å². The summed E-state index contributed by atoms with van der Waals surface area (Å²) in [6, 6.07) is 11.3. The zero-order valence-corrected chi connectivity index (χ0v) is 16.7. The first-order valence-corrected chi connectivity index (χ1v) is 9.66. The van der Waals surface area contributed by atoms with Crippen molar-refractivity contribution in [1.82, 2.24) is 4.90 Å². The Kier molecular flexibility index (Phi) is 5.00. The molecule has 1 amide bonds. The molecule has 1 aliphatic rings. The second-order valence-electron chi connectivity index (χ2n) is 7.52. The molecule has 1 fully saturated rings. The summed E-state index contributed by atoms with van der Waals surface area (Å²) >= 11 is 0. The summed E-state index contributed by atoms with van der Waals surface area (Å²) in [6.07, 6.45) is 0.223. The summed E-state index contributed by atoms with van der Waals surface area (Å²) in [7, 11) is 1.61. The standard InChI is InChI=1S/C22H26N2O4/c1-13-11-24(12-14(2)27-13)15(3)22(25)23-18-10-20-17(9-21(18)26-4)16-7-5-6-8-19(16)28-20/h5-10,13-15H,11-12H2,1-4H3,(H,23,25)/t13-,14-,15+/m1/s1. The van der Waals surface area contributed by atoms with E-state index in [2.05, 4.69) is 10.2 Å². The second-order valence-corrected chi connectivity index (χ2v) is 7.52. The molecule has 0 spiro atoms. The number of methoxy groups -OCH3 is 1. The summed E-state index contributed by atoms with van der Waals surface area (Å²) in [5.74, 6) is 0.540. The smallest absolute Gasteiger partial charge is 0.241 e. The van der Waals surface area contributed by atoms with E-state index < -0.39 is 0 Å².